The maximum absolute atomic E-state index is 14.7. The third kappa shape index (κ3) is 6.40. The molecule has 0 radical (unpaired) electrons. The Hall–Kier alpha value is -2.13. The summed E-state index contributed by atoms with van der Waals surface area (Å²) in [5.41, 5.74) is 2.26. The number of sulfone groups is 1. The minimum absolute atomic E-state index is 0.134. The molecule has 4 nitrogen and oxygen atoms in total. The zero-order valence-corrected chi connectivity index (χ0v) is 21.7. The molecule has 2 aliphatic rings. The molecule has 1 fully saturated rings. The monoisotopic (exact) mass is 527 g/mol. The van der Waals surface area contributed by atoms with E-state index >= 15 is 0 Å². The minimum Gasteiger partial charge on any atom is -0.487 e. The molecule has 9 heteroatoms. The molecule has 2 aromatic carbocycles. The van der Waals surface area contributed by atoms with Crippen LogP contribution in [-0.4, -0.2) is 49.5 Å². The summed E-state index contributed by atoms with van der Waals surface area (Å²) < 4.78 is 82.4. The van der Waals surface area contributed by atoms with Gasteiger partial charge in [-0.2, -0.15) is 13.2 Å². The average Bonchev–Trinajstić information content (AvgIpc) is 2.78. The van der Waals surface area contributed by atoms with E-state index in [9.17, 15) is 26.0 Å². The number of likely N-dealkylation sites (tertiary alicyclic amines) is 1. The predicted molar refractivity (Wildman–Crippen MR) is 132 cm³/mol. The fourth-order valence-electron chi connectivity index (χ4n) is 5.06. The normalized spacial score (nSPS) is 18.6. The summed E-state index contributed by atoms with van der Waals surface area (Å²) in [6.45, 7) is 8.67. The Morgan fingerprint density at radius 2 is 1.61 bits per heavy atom. The number of benzene rings is 2. The maximum atomic E-state index is 14.7. The summed E-state index contributed by atoms with van der Waals surface area (Å²) in [4.78, 5) is 2.49. The van der Waals surface area contributed by atoms with Crippen LogP contribution in [0.15, 0.2) is 36.4 Å². The number of hydrogen-bond acceptors (Lipinski definition) is 4. The molecule has 0 N–H and O–H groups in total. The third-order valence-electron chi connectivity index (χ3n) is 7.32. The molecule has 0 aliphatic carbocycles. The molecular weight excluding hydrogens is 494 g/mol. The quantitative estimate of drug-likeness (QED) is 0.427. The second-order valence-corrected chi connectivity index (χ2v) is 13.2. The molecule has 2 heterocycles. The topological polar surface area (TPSA) is 46.6 Å². The molecule has 0 amide bonds. The number of halogens is 4. The lowest BCUT2D eigenvalue weighted by Gasteiger charge is -2.48. The lowest BCUT2D eigenvalue weighted by molar-refractivity contribution is -0.129. The van der Waals surface area contributed by atoms with Crippen LogP contribution in [0.4, 0.5) is 17.6 Å². The van der Waals surface area contributed by atoms with Crippen molar-refractivity contribution in [2.45, 2.75) is 75.9 Å². The highest BCUT2D eigenvalue weighted by Gasteiger charge is 2.41. The Bertz CT molecular complexity index is 1210. The van der Waals surface area contributed by atoms with Gasteiger partial charge in [-0.25, -0.2) is 12.8 Å². The van der Waals surface area contributed by atoms with Crippen LogP contribution in [-0.2, 0) is 22.0 Å². The summed E-state index contributed by atoms with van der Waals surface area (Å²) in [6.07, 6.45) is -2.29. The molecule has 0 bridgehead atoms. The van der Waals surface area contributed by atoms with Gasteiger partial charge in [0, 0.05) is 24.2 Å². The molecule has 0 aromatic heterocycles. The molecule has 1 saturated heterocycles. The molecule has 1 spiro atoms. The lowest BCUT2D eigenvalue weighted by atomic mass is 9.81. The van der Waals surface area contributed by atoms with E-state index in [1.54, 1.807) is 6.07 Å². The number of ether oxygens (including phenoxy) is 1. The van der Waals surface area contributed by atoms with E-state index in [0.717, 1.165) is 55.6 Å². The van der Waals surface area contributed by atoms with Crippen molar-refractivity contribution in [3.05, 3.63) is 53.3 Å². The molecule has 0 saturated carbocycles. The first kappa shape index (κ1) is 26.9. The van der Waals surface area contributed by atoms with Crippen molar-refractivity contribution in [2.75, 3.05) is 18.8 Å². The Kier molecular flexibility index (Phi) is 7.20. The Balaban J connectivity index is 1.45. The Morgan fingerprint density at radius 3 is 2.22 bits per heavy atom. The van der Waals surface area contributed by atoms with Gasteiger partial charge in [-0.3, -0.25) is 4.90 Å². The number of hydrogen-bond donors (Lipinski definition) is 0. The Labute approximate surface area is 210 Å². The predicted octanol–water partition coefficient (Wildman–Crippen LogP) is 6.32. The molecule has 4 rings (SSSR count). The number of fused-ring (bicyclic) bond motifs is 1. The smallest absolute Gasteiger partial charge is 0.390 e. The third-order valence-corrected chi connectivity index (χ3v) is 8.90. The zero-order valence-electron chi connectivity index (χ0n) is 20.9. The van der Waals surface area contributed by atoms with Crippen LogP contribution in [0.2, 0.25) is 0 Å². The van der Waals surface area contributed by atoms with Crippen molar-refractivity contribution < 1.29 is 30.7 Å². The van der Waals surface area contributed by atoms with Crippen molar-refractivity contribution in [2.24, 2.45) is 0 Å². The molecule has 198 valence electrons. The van der Waals surface area contributed by atoms with Crippen molar-refractivity contribution in [3.8, 4) is 16.9 Å². The van der Waals surface area contributed by atoms with Gasteiger partial charge in [0.15, 0.2) is 9.84 Å². The van der Waals surface area contributed by atoms with Crippen LogP contribution < -0.4 is 4.74 Å². The highest BCUT2D eigenvalue weighted by atomic mass is 32.2. The molecule has 0 atom stereocenters. The van der Waals surface area contributed by atoms with Gasteiger partial charge in [0.25, 0.3) is 0 Å². The van der Waals surface area contributed by atoms with Gasteiger partial charge in [-0.1, -0.05) is 18.2 Å². The molecule has 0 unspecified atom stereocenters. The molecule has 2 aromatic rings. The van der Waals surface area contributed by atoms with E-state index in [1.807, 2.05) is 18.2 Å². The average molecular weight is 528 g/mol. The maximum Gasteiger partial charge on any atom is 0.390 e. The van der Waals surface area contributed by atoms with Crippen molar-refractivity contribution >= 4 is 9.84 Å². The minimum atomic E-state index is -4.57. The second-order valence-electron chi connectivity index (χ2n) is 11.0. The van der Waals surface area contributed by atoms with Gasteiger partial charge in [0.2, 0.25) is 0 Å². The SMILES string of the molecule is CC(C)(C)N1CCC2(CCc3cc(-c4ccc(CS(=O)(=O)CCC(F)(F)F)c(F)c4)ccc3O2)CC1. The number of piperidine rings is 1. The molecular formula is C27H33F4NO3S. The Morgan fingerprint density at radius 1 is 0.972 bits per heavy atom. The van der Waals surface area contributed by atoms with Crippen LogP contribution in [0.1, 0.15) is 57.6 Å². The van der Waals surface area contributed by atoms with Crippen LogP contribution in [0.5, 0.6) is 5.75 Å². The molecule has 36 heavy (non-hydrogen) atoms. The van der Waals surface area contributed by atoms with Crippen LogP contribution in [0.3, 0.4) is 0 Å². The van der Waals surface area contributed by atoms with Gasteiger partial charge in [0.05, 0.1) is 17.9 Å². The van der Waals surface area contributed by atoms with E-state index in [1.165, 1.54) is 12.1 Å². The summed E-state index contributed by atoms with van der Waals surface area (Å²) in [6, 6.07) is 9.92. The first-order valence-electron chi connectivity index (χ1n) is 12.3. The van der Waals surface area contributed by atoms with Gasteiger partial charge in [0.1, 0.15) is 17.2 Å². The van der Waals surface area contributed by atoms with E-state index in [2.05, 4.69) is 25.7 Å². The number of nitrogens with zero attached hydrogens (tertiary/aromatic N) is 1. The van der Waals surface area contributed by atoms with Crippen molar-refractivity contribution in [3.63, 3.8) is 0 Å². The van der Waals surface area contributed by atoms with E-state index in [4.69, 9.17) is 4.74 Å². The summed E-state index contributed by atoms with van der Waals surface area (Å²) in [5, 5.41) is 0. The first-order valence-corrected chi connectivity index (χ1v) is 14.1. The first-order chi connectivity index (χ1) is 16.6. The summed E-state index contributed by atoms with van der Waals surface area (Å²) >= 11 is 0. The second kappa shape index (κ2) is 9.63. The fraction of sp³-hybridized carbons (Fsp3) is 0.556. The fourth-order valence-corrected chi connectivity index (χ4v) is 6.46. The van der Waals surface area contributed by atoms with Gasteiger partial charge < -0.3 is 4.74 Å². The largest absolute Gasteiger partial charge is 0.487 e. The van der Waals surface area contributed by atoms with Crippen LogP contribution >= 0.6 is 0 Å². The van der Waals surface area contributed by atoms with E-state index in [0.29, 0.717) is 5.56 Å². The van der Waals surface area contributed by atoms with Gasteiger partial charge in [-0.15, -0.1) is 0 Å². The highest BCUT2D eigenvalue weighted by molar-refractivity contribution is 7.90. The summed E-state index contributed by atoms with van der Waals surface area (Å²) in [5.74, 6) is -1.72. The van der Waals surface area contributed by atoms with Gasteiger partial charge in [-0.05, 0) is 81.3 Å². The van der Waals surface area contributed by atoms with E-state index < -0.39 is 39.8 Å². The lowest BCUT2D eigenvalue weighted by Crippen LogP contribution is -2.54. The van der Waals surface area contributed by atoms with Gasteiger partial charge >= 0.3 is 6.18 Å². The van der Waals surface area contributed by atoms with Crippen molar-refractivity contribution in [1.29, 1.82) is 0 Å². The number of alkyl halides is 3. The zero-order chi connectivity index (χ0) is 26.4. The molecule has 2 aliphatic heterocycles. The number of rotatable bonds is 5. The van der Waals surface area contributed by atoms with Crippen LogP contribution in [0.25, 0.3) is 11.1 Å². The standard InChI is InChI=1S/C27H33F4NO3S/c1-25(2,3)32-13-10-26(11-14-32)9-8-21-16-19(6-7-24(21)35-26)20-4-5-22(23(28)17-20)18-36(33,34)15-12-27(29,30)31/h4-7,16-17H,8-15,18H2,1-3H3. The summed E-state index contributed by atoms with van der Waals surface area (Å²) in [7, 11) is -4.08. The van der Waals surface area contributed by atoms with Crippen LogP contribution in [0, 0.1) is 5.82 Å². The number of aryl methyl sites for hydroxylation is 1. The van der Waals surface area contributed by atoms with Crippen molar-refractivity contribution in [1.82, 2.24) is 4.90 Å². The van der Waals surface area contributed by atoms with E-state index in [-0.39, 0.29) is 16.7 Å². The highest BCUT2D eigenvalue weighted by Crippen LogP contribution is 2.41.